The summed E-state index contributed by atoms with van der Waals surface area (Å²) in [5.41, 5.74) is 1.15. The maximum atomic E-state index is 5.73. The average Bonchev–Trinajstić information content (AvgIpc) is 2.80. The summed E-state index contributed by atoms with van der Waals surface area (Å²) < 4.78 is 13.2. The number of rotatable bonds is 4. The van der Waals surface area contributed by atoms with Crippen molar-refractivity contribution < 1.29 is 9.47 Å². The van der Waals surface area contributed by atoms with E-state index in [2.05, 4.69) is 17.3 Å². The van der Waals surface area contributed by atoms with Gasteiger partial charge < -0.3 is 14.8 Å². The van der Waals surface area contributed by atoms with Gasteiger partial charge in [0.1, 0.15) is 6.10 Å². The van der Waals surface area contributed by atoms with Gasteiger partial charge in [-0.3, -0.25) is 4.68 Å². The van der Waals surface area contributed by atoms with E-state index in [0.29, 0.717) is 19.8 Å². The van der Waals surface area contributed by atoms with Crippen molar-refractivity contribution in [3.05, 3.63) is 18.0 Å². The molecule has 1 N–H and O–H groups in total. The molecule has 5 nitrogen and oxygen atoms in total. The van der Waals surface area contributed by atoms with Crippen molar-refractivity contribution in [1.29, 1.82) is 0 Å². The minimum Gasteiger partial charge on any atom is -0.376 e. The zero-order valence-corrected chi connectivity index (χ0v) is 9.85. The molecular weight excluding hydrogens is 206 g/mol. The zero-order chi connectivity index (χ0) is 11.4. The molecule has 0 bridgehead atoms. The van der Waals surface area contributed by atoms with Gasteiger partial charge in [-0.25, -0.2) is 0 Å². The van der Waals surface area contributed by atoms with Crippen LogP contribution in [0.1, 0.15) is 18.7 Å². The van der Waals surface area contributed by atoms with Crippen LogP contribution in [0, 0.1) is 0 Å². The highest BCUT2D eigenvalue weighted by molar-refractivity contribution is 5.09. The van der Waals surface area contributed by atoms with E-state index in [1.807, 2.05) is 24.0 Å². The SMILES string of the molecule is CCn1nccc1C(NC)C1COCCO1. The lowest BCUT2D eigenvalue weighted by Crippen LogP contribution is -2.40. The summed E-state index contributed by atoms with van der Waals surface area (Å²) in [7, 11) is 1.94. The second-order valence-corrected chi connectivity index (χ2v) is 3.82. The number of likely N-dealkylation sites (N-methyl/N-ethyl adjacent to an activating group) is 1. The van der Waals surface area contributed by atoms with Crippen LogP contribution in [0.5, 0.6) is 0 Å². The van der Waals surface area contributed by atoms with Gasteiger partial charge in [-0.05, 0) is 20.0 Å². The highest BCUT2D eigenvalue weighted by Gasteiger charge is 2.27. The maximum absolute atomic E-state index is 5.73. The van der Waals surface area contributed by atoms with E-state index >= 15 is 0 Å². The molecule has 5 heteroatoms. The molecule has 0 radical (unpaired) electrons. The number of hydrogen-bond donors (Lipinski definition) is 1. The van der Waals surface area contributed by atoms with Crippen LogP contribution in [0.15, 0.2) is 12.3 Å². The molecule has 0 saturated carbocycles. The van der Waals surface area contributed by atoms with Crippen LogP contribution in [0.4, 0.5) is 0 Å². The smallest absolute Gasteiger partial charge is 0.102 e. The molecule has 1 aliphatic heterocycles. The second-order valence-electron chi connectivity index (χ2n) is 3.82. The van der Waals surface area contributed by atoms with Crippen LogP contribution in [0.25, 0.3) is 0 Å². The number of hydrogen-bond acceptors (Lipinski definition) is 4. The number of ether oxygens (including phenoxy) is 2. The van der Waals surface area contributed by atoms with E-state index in [-0.39, 0.29) is 12.1 Å². The Labute approximate surface area is 95.7 Å². The average molecular weight is 225 g/mol. The Morgan fingerprint density at radius 2 is 2.50 bits per heavy atom. The Kier molecular flexibility index (Phi) is 3.93. The quantitative estimate of drug-likeness (QED) is 0.814. The standard InChI is InChI=1S/C11H19N3O2/c1-3-14-9(4-5-13-14)11(12-2)10-8-15-6-7-16-10/h4-5,10-12H,3,6-8H2,1-2H3. The molecule has 1 aromatic heterocycles. The predicted molar refractivity (Wildman–Crippen MR) is 60.3 cm³/mol. The first kappa shape index (κ1) is 11.6. The first-order chi connectivity index (χ1) is 7.86. The van der Waals surface area contributed by atoms with Gasteiger partial charge in [-0.2, -0.15) is 5.10 Å². The van der Waals surface area contributed by atoms with Crippen molar-refractivity contribution in [1.82, 2.24) is 15.1 Å². The summed E-state index contributed by atoms with van der Waals surface area (Å²) in [6.45, 7) is 4.96. The molecule has 1 aromatic rings. The summed E-state index contributed by atoms with van der Waals surface area (Å²) in [5, 5.41) is 7.56. The van der Waals surface area contributed by atoms with Crippen LogP contribution >= 0.6 is 0 Å². The molecule has 0 aliphatic carbocycles. The first-order valence-corrected chi connectivity index (χ1v) is 5.75. The van der Waals surface area contributed by atoms with Crippen molar-refractivity contribution in [2.45, 2.75) is 25.6 Å². The fraction of sp³-hybridized carbons (Fsp3) is 0.727. The van der Waals surface area contributed by atoms with E-state index in [1.54, 1.807) is 0 Å². The summed E-state index contributed by atoms with van der Waals surface area (Å²) in [6.07, 6.45) is 1.90. The van der Waals surface area contributed by atoms with E-state index in [0.717, 1.165) is 12.2 Å². The lowest BCUT2D eigenvalue weighted by Gasteiger charge is -2.30. The third-order valence-corrected chi connectivity index (χ3v) is 2.89. The first-order valence-electron chi connectivity index (χ1n) is 5.75. The van der Waals surface area contributed by atoms with Gasteiger partial charge >= 0.3 is 0 Å². The summed E-state index contributed by atoms with van der Waals surface area (Å²) in [6, 6.07) is 2.17. The number of nitrogens with zero attached hydrogens (tertiary/aromatic N) is 2. The summed E-state index contributed by atoms with van der Waals surface area (Å²) in [4.78, 5) is 0. The molecule has 0 aromatic carbocycles. The highest BCUT2D eigenvalue weighted by atomic mass is 16.6. The van der Waals surface area contributed by atoms with E-state index in [1.165, 1.54) is 0 Å². The maximum Gasteiger partial charge on any atom is 0.102 e. The minimum atomic E-state index is 0.0701. The molecule has 2 heterocycles. The van der Waals surface area contributed by atoms with Gasteiger partial charge in [0, 0.05) is 12.7 Å². The number of nitrogens with one attached hydrogen (secondary N) is 1. The van der Waals surface area contributed by atoms with Gasteiger partial charge in [0.2, 0.25) is 0 Å². The lowest BCUT2D eigenvalue weighted by atomic mass is 10.1. The van der Waals surface area contributed by atoms with Crippen molar-refractivity contribution >= 4 is 0 Å². The summed E-state index contributed by atoms with van der Waals surface area (Å²) >= 11 is 0. The Morgan fingerprint density at radius 1 is 1.62 bits per heavy atom. The van der Waals surface area contributed by atoms with Crippen LogP contribution in [-0.2, 0) is 16.0 Å². The third-order valence-electron chi connectivity index (χ3n) is 2.89. The van der Waals surface area contributed by atoms with Crippen molar-refractivity contribution in [2.24, 2.45) is 0 Å². The molecule has 1 saturated heterocycles. The topological polar surface area (TPSA) is 48.3 Å². The summed E-state index contributed by atoms with van der Waals surface area (Å²) in [5.74, 6) is 0. The fourth-order valence-corrected chi connectivity index (χ4v) is 2.09. The monoisotopic (exact) mass is 225 g/mol. The van der Waals surface area contributed by atoms with Crippen molar-refractivity contribution in [3.8, 4) is 0 Å². The molecule has 0 spiro atoms. The molecule has 1 fully saturated rings. The van der Waals surface area contributed by atoms with Gasteiger partial charge in [-0.15, -0.1) is 0 Å². The van der Waals surface area contributed by atoms with Crippen LogP contribution in [0.3, 0.4) is 0 Å². The van der Waals surface area contributed by atoms with Crippen molar-refractivity contribution in [3.63, 3.8) is 0 Å². The minimum absolute atomic E-state index is 0.0701. The molecular formula is C11H19N3O2. The van der Waals surface area contributed by atoms with Crippen LogP contribution in [-0.4, -0.2) is 42.8 Å². The Bertz CT molecular complexity index is 321. The Balaban J connectivity index is 2.14. The van der Waals surface area contributed by atoms with Gasteiger partial charge in [0.15, 0.2) is 0 Å². The Morgan fingerprint density at radius 3 is 3.12 bits per heavy atom. The van der Waals surface area contributed by atoms with E-state index < -0.39 is 0 Å². The number of aromatic nitrogens is 2. The molecule has 0 amide bonds. The molecule has 2 atom stereocenters. The lowest BCUT2D eigenvalue weighted by molar-refractivity contribution is -0.102. The molecule has 90 valence electrons. The third kappa shape index (κ3) is 2.26. The zero-order valence-electron chi connectivity index (χ0n) is 9.85. The van der Waals surface area contributed by atoms with E-state index in [4.69, 9.17) is 9.47 Å². The van der Waals surface area contributed by atoms with E-state index in [9.17, 15) is 0 Å². The molecule has 16 heavy (non-hydrogen) atoms. The predicted octanol–water partition coefficient (Wildman–Crippen LogP) is 0.579. The molecule has 2 unspecified atom stereocenters. The Hall–Kier alpha value is -0.910. The largest absolute Gasteiger partial charge is 0.376 e. The van der Waals surface area contributed by atoms with Crippen LogP contribution in [0.2, 0.25) is 0 Å². The van der Waals surface area contributed by atoms with Crippen molar-refractivity contribution in [2.75, 3.05) is 26.9 Å². The molecule has 1 aliphatic rings. The number of aryl methyl sites for hydroxylation is 1. The highest BCUT2D eigenvalue weighted by Crippen LogP contribution is 2.20. The van der Waals surface area contributed by atoms with Gasteiger partial charge in [-0.1, -0.05) is 0 Å². The second kappa shape index (κ2) is 5.43. The normalized spacial score (nSPS) is 23.2. The van der Waals surface area contributed by atoms with Gasteiger partial charge in [0.05, 0.1) is 31.6 Å². The fourth-order valence-electron chi connectivity index (χ4n) is 2.09. The molecule has 2 rings (SSSR count). The van der Waals surface area contributed by atoms with Gasteiger partial charge in [0.25, 0.3) is 0 Å². The van der Waals surface area contributed by atoms with Crippen LogP contribution < -0.4 is 5.32 Å².